The molecule has 5 rings (SSSR count). The molecule has 1 aliphatic rings. The van der Waals surface area contributed by atoms with E-state index < -0.39 is 34.7 Å². The van der Waals surface area contributed by atoms with Crippen LogP contribution in [0.4, 0.5) is 0 Å². The van der Waals surface area contributed by atoms with Gasteiger partial charge in [0.05, 0.1) is 18.5 Å². The second-order valence-corrected chi connectivity index (χ2v) is 13.0. The van der Waals surface area contributed by atoms with E-state index in [0.717, 1.165) is 22.2 Å². The molecule has 0 saturated carbocycles. The van der Waals surface area contributed by atoms with E-state index in [1.165, 1.54) is 22.7 Å². The molecule has 10 heteroatoms. The number of aromatic nitrogens is 1. The van der Waals surface area contributed by atoms with Crippen LogP contribution in [0.3, 0.4) is 0 Å². The zero-order chi connectivity index (χ0) is 30.7. The molecular formula is C33H36N4O5S. The topological polar surface area (TPSA) is 135 Å². The number of hydrogen-bond donors (Lipinski definition) is 5. The second kappa shape index (κ2) is 12.5. The van der Waals surface area contributed by atoms with Crippen molar-refractivity contribution in [1.29, 1.82) is 0 Å². The van der Waals surface area contributed by atoms with Crippen molar-refractivity contribution in [1.82, 2.24) is 20.5 Å². The molecule has 2 heterocycles. The van der Waals surface area contributed by atoms with E-state index in [4.69, 9.17) is 0 Å². The molecule has 224 valence electrons. The summed E-state index contributed by atoms with van der Waals surface area (Å²) in [7, 11) is 0. The number of para-hydroxylation sites is 1. The van der Waals surface area contributed by atoms with Crippen LogP contribution >= 0.6 is 11.8 Å². The van der Waals surface area contributed by atoms with Gasteiger partial charge in [0.1, 0.15) is 11.8 Å². The van der Waals surface area contributed by atoms with Crippen molar-refractivity contribution in [2.24, 2.45) is 0 Å². The molecule has 3 atom stereocenters. The maximum atomic E-state index is 13.9. The summed E-state index contributed by atoms with van der Waals surface area (Å²) in [4.78, 5) is 45.5. The molecule has 1 unspecified atom stereocenters. The molecule has 0 spiro atoms. The lowest BCUT2D eigenvalue weighted by atomic mass is 9.96. The molecule has 9 nitrogen and oxygen atoms in total. The summed E-state index contributed by atoms with van der Waals surface area (Å²) in [6.07, 6.45) is -1.45. The number of rotatable bonds is 9. The molecule has 5 N–H and O–H groups in total. The van der Waals surface area contributed by atoms with Crippen LogP contribution in [0.15, 0.2) is 78.9 Å². The summed E-state index contributed by atoms with van der Waals surface area (Å²) in [6, 6.07) is 21.9. The highest BCUT2D eigenvalue weighted by Gasteiger charge is 2.49. The van der Waals surface area contributed by atoms with Gasteiger partial charge in [0.25, 0.3) is 11.8 Å². The lowest BCUT2D eigenvalue weighted by molar-refractivity contribution is -0.147. The van der Waals surface area contributed by atoms with E-state index in [2.05, 4.69) is 15.6 Å². The Bertz CT molecular complexity index is 1600. The first kappa shape index (κ1) is 30.2. The van der Waals surface area contributed by atoms with Crippen molar-refractivity contribution >= 4 is 40.4 Å². The maximum Gasteiger partial charge on any atom is 0.254 e. The normalized spacial score (nSPS) is 17.4. The molecule has 1 saturated heterocycles. The van der Waals surface area contributed by atoms with Crippen molar-refractivity contribution in [2.75, 3.05) is 5.88 Å². The van der Waals surface area contributed by atoms with Gasteiger partial charge in [0, 0.05) is 27.1 Å². The number of aromatic hydroxyl groups is 1. The van der Waals surface area contributed by atoms with Crippen molar-refractivity contribution in [3.8, 4) is 5.75 Å². The smallest absolute Gasteiger partial charge is 0.254 e. The average molecular weight is 601 g/mol. The number of amides is 3. The fourth-order valence-electron chi connectivity index (χ4n) is 5.49. The van der Waals surface area contributed by atoms with Crippen molar-refractivity contribution in [3.05, 3.63) is 101 Å². The minimum absolute atomic E-state index is 0.0264. The van der Waals surface area contributed by atoms with Crippen LogP contribution in [0.25, 0.3) is 10.9 Å². The van der Waals surface area contributed by atoms with E-state index >= 15 is 0 Å². The minimum atomic E-state index is -1.62. The predicted molar refractivity (Wildman–Crippen MR) is 168 cm³/mol. The van der Waals surface area contributed by atoms with Gasteiger partial charge in [0.15, 0.2) is 6.10 Å². The monoisotopic (exact) mass is 600 g/mol. The number of hydrogen-bond acceptors (Lipinski definition) is 6. The van der Waals surface area contributed by atoms with Gasteiger partial charge in [-0.1, -0.05) is 54.6 Å². The molecule has 43 heavy (non-hydrogen) atoms. The second-order valence-electron chi connectivity index (χ2n) is 11.4. The van der Waals surface area contributed by atoms with Gasteiger partial charge in [-0.25, -0.2) is 0 Å². The standard InChI is InChI=1S/C33H36N4O5S/c1-20-24(13-9-15-27(20)38)30(40)36-26(16-21-10-5-4-6-11-21)28(39)32(42)37-19-43-33(2,3)29(37)31(41)34-18-23-17-22-12-7-8-14-25(22)35-23/h4-15,17,26,28-29,35,38-39H,16,18-19H2,1-3H3,(H,34,41)(H,36,40)/t26-,28-,29?/m0/s1. The van der Waals surface area contributed by atoms with E-state index in [-0.39, 0.29) is 36.1 Å². The average Bonchev–Trinajstić information content (AvgIpc) is 3.56. The summed E-state index contributed by atoms with van der Waals surface area (Å²) in [5, 5.41) is 28.4. The van der Waals surface area contributed by atoms with Crippen LogP contribution < -0.4 is 10.6 Å². The fraction of sp³-hybridized carbons (Fsp3) is 0.303. The molecule has 3 amide bonds. The molecule has 1 aromatic heterocycles. The number of benzene rings is 3. The molecule has 1 aliphatic heterocycles. The number of aliphatic hydroxyl groups excluding tert-OH is 1. The third-order valence-corrected chi connectivity index (χ3v) is 9.29. The first-order valence-electron chi connectivity index (χ1n) is 14.2. The first-order chi connectivity index (χ1) is 20.5. The first-order valence-corrected chi connectivity index (χ1v) is 15.1. The molecule has 1 fully saturated rings. The van der Waals surface area contributed by atoms with Gasteiger partial charge >= 0.3 is 0 Å². The van der Waals surface area contributed by atoms with E-state index in [9.17, 15) is 24.6 Å². The summed E-state index contributed by atoms with van der Waals surface area (Å²) < 4.78 is -0.614. The molecular weight excluding hydrogens is 564 g/mol. The van der Waals surface area contributed by atoms with Crippen LogP contribution in [0.5, 0.6) is 5.75 Å². The zero-order valence-corrected chi connectivity index (χ0v) is 25.2. The van der Waals surface area contributed by atoms with E-state index in [1.54, 1.807) is 19.1 Å². The van der Waals surface area contributed by atoms with Crippen LogP contribution in [-0.4, -0.2) is 66.6 Å². The van der Waals surface area contributed by atoms with Gasteiger partial charge in [0.2, 0.25) is 5.91 Å². The Morgan fingerprint density at radius 2 is 1.77 bits per heavy atom. The number of nitrogens with one attached hydrogen (secondary N) is 3. The van der Waals surface area contributed by atoms with Gasteiger partial charge < -0.3 is 30.7 Å². The summed E-state index contributed by atoms with van der Waals surface area (Å²) in [6.45, 7) is 5.68. The highest BCUT2D eigenvalue weighted by atomic mass is 32.2. The predicted octanol–water partition coefficient (Wildman–Crippen LogP) is 3.88. The van der Waals surface area contributed by atoms with Gasteiger partial charge in [-0.05, 0) is 62.4 Å². The Morgan fingerprint density at radius 1 is 1.05 bits per heavy atom. The van der Waals surface area contributed by atoms with Crippen LogP contribution in [-0.2, 0) is 22.6 Å². The van der Waals surface area contributed by atoms with E-state index in [1.807, 2.05) is 74.5 Å². The molecule has 0 bridgehead atoms. The van der Waals surface area contributed by atoms with Crippen LogP contribution in [0.2, 0.25) is 0 Å². The number of phenols is 1. The molecule has 0 radical (unpaired) electrons. The highest BCUT2D eigenvalue weighted by Crippen LogP contribution is 2.40. The number of fused-ring (bicyclic) bond motifs is 1. The van der Waals surface area contributed by atoms with Gasteiger partial charge in [-0.15, -0.1) is 11.8 Å². The number of carbonyl (C=O) groups is 3. The quantitative estimate of drug-likeness (QED) is 0.198. The van der Waals surface area contributed by atoms with E-state index in [0.29, 0.717) is 5.56 Å². The van der Waals surface area contributed by atoms with Crippen molar-refractivity contribution in [3.63, 3.8) is 0 Å². The Morgan fingerprint density at radius 3 is 2.51 bits per heavy atom. The lowest BCUT2D eigenvalue weighted by Crippen LogP contribution is -2.58. The summed E-state index contributed by atoms with van der Waals surface area (Å²) in [5.41, 5.74) is 3.25. The Kier molecular flexibility index (Phi) is 8.79. The van der Waals surface area contributed by atoms with Gasteiger partial charge in [-0.2, -0.15) is 0 Å². The third kappa shape index (κ3) is 6.55. The zero-order valence-electron chi connectivity index (χ0n) is 24.3. The Hall–Kier alpha value is -4.28. The minimum Gasteiger partial charge on any atom is -0.508 e. The maximum absolute atomic E-state index is 13.9. The lowest BCUT2D eigenvalue weighted by Gasteiger charge is -2.33. The number of H-pyrrole nitrogens is 1. The SMILES string of the molecule is Cc1c(O)cccc1C(=O)N[C@@H](Cc1ccccc1)[C@H](O)C(=O)N1CSC(C)(C)C1C(=O)NCc1cc2ccccc2[nH]1. The van der Waals surface area contributed by atoms with Crippen molar-refractivity contribution < 1.29 is 24.6 Å². The Labute approximate surface area is 254 Å². The fourth-order valence-corrected chi connectivity index (χ4v) is 6.63. The molecule has 4 aromatic rings. The summed E-state index contributed by atoms with van der Waals surface area (Å²) in [5.74, 6) is -1.30. The van der Waals surface area contributed by atoms with Crippen molar-refractivity contribution in [2.45, 2.75) is 56.7 Å². The number of thioether (sulfide) groups is 1. The molecule has 3 aromatic carbocycles. The number of carbonyl (C=O) groups excluding carboxylic acids is 3. The molecule has 0 aliphatic carbocycles. The largest absolute Gasteiger partial charge is 0.508 e. The number of aromatic amines is 1. The highest BCUT2D eigenvalue weighted by molar-refractivity contribution is 8.00. The number of nitrogens with zero attached hydrogens (tertiary/aromatic N) is 1. The van der Waals surface area contributed by atoms with Crippen LogP contribution in [0, 0.1) is 6.92 Å². The Balaban J connectivity index is 1.35. The number of phenolic OH excluding ortho intramolecular Hbond substituents is 1. The van der Waals surface area contributed by atoms with Gasteiger partial charge in [-0.3, -0.25) is 14.4 Å². The number of aliphatic hydroxyl groups is 1. The van der Waals surface area contributed by atoms with Crippen LogP contribution in [0.1, 0.15) is 41.0 Å². The third-order valence-electron chi connectivity index (χ3n) is 7.91. The summed E-state index contributed by atoms with van der Waals surface area (Å²) >= 11 is 1.46.